The molecule has 0 radical (unpaired) electrons. The average molecular weight is 212 g/mol. The molecule has 3 nitrogen and oxygen atoms in total. The molecule has 88 valence electrons. The molecule has 0 aliphatic carbocycles. The molecule has 0 rings (SSSR count). The molecule has 0 saturated heterocycles. The zero-order chi connectivity index (χ0) is 11.8. The minimum atomic E-state index is -0.0558. The number of rotatable bonds is 7. The third kappa shape index (κ3) is 5.57. The Kier molecular flexibility index (Phi) is 7.05. The Labute approximate surface area is 93.5 Å². The summed E-state index contributed by atoms with van der Waals surface area (Å²) in [5.41, 5.74) is 0.565. The van der Waals surface area contributed by atoms with Gasteiger partial charge in [0.1, 0.15) is 0 Å². The number of carbonyl (C=O) groups is 1. The first-order valence-corrected chi connectivity index (χ1v) is 5.73. The van der Waals surface area contributed by atoms with Gasteiger partial charge in [-0.1, -0.05) is 20.4 Å². The number of nitrogens with zero attached hydrogens (tertiary/aromatic N) is 1. The Morgan fingerprint density at radius 2 is 1.80 bits per heavy atom. The van der Waals surface area contributed by atoms with E-state index in [4.69, 9.17) is 0 Å². The maximum absolute atomic E-state index is 11.4. The Morgan fingerprint density at radius 3 is 2.13 bits per heavy atom. The standard InChI is InChI=1S/C12H24N2O/c1-6-8-14(9-7-2)11(5)13-12(15)10(3)4/h11H,3,6-9H2,1-2,4-5H3,(H,13,15). The zero-order valence-electron chi connectivity index (χ0n) is 10.5. The van der Waals surface area contributed by atoms with Crippen molar-refractivity contribution in [2.45, 2.75) is 46.7 Å². The molecule has 0 aromatic heterocycles. The normalized spacial score (nSPS) is 12.6. The fourth-order valence-corrected chi connectivity index (χ4v) is 1.48. The Bertz CT molecular complexity index is 208. The maximum atomic E-state index is 11.4. The second kappa shape index (κ2) is 7.46. The molecule has 0 aromatic carbocycles. The van der Waals surface area contributed by atoms with Gasteiger partial charge >= 0.3 is 0 Å². The molecule has 0 aliphatic heterocycles. The van der Waals surface area contributed by atoms with Crippen molar-refractivity contribution in [2.24, 2.45) is 0 Å². The second-order valence-electron chi connectivity index (χ2n) is 3.97. The molecule has 0 bridgehead atoms. The molecule has 1 atom stereocenters. The Morgan fingerprint density at radius 1 is 1.33 bits per heavy atom. The summed E-state index contributed by atoms with van der Waals surface area (Å²) in [4.78, 5) is 13.7. The van der Waals surface area contributed by atoms with Crippen molar-refractivity contribution in [3.05, 3.63) is 12.2 Å². The van der Waals surface area contributed by atoms with Crippen molar-refractivity contribution in [3.63, 3.8) is 0 Å². The van der Waals surface area contributed by atoms with Gasteiger partial charge in [-0.05, 0) is 39.8 Å². The highest BCUT2D eigenvalue weighted by atomic mass is 16.1. The summed E-state index contributed by atoms with van der Waals surface area (Å²) in [6.45, 7) is 13.7. The molecule has 0 fully saturated rings. The van der Waals surface area contributed by atoms with E-state index in [-0.39, 0.29) is 12.1 Å². The van der Waals surface area contributed by atoms with Crippen LogP contribution in [0.15, 0.2) is 12.2 Å². The van der Waals surface area contributed by atoms with E-state index in [1.54, 1.807) is 6.92 Å². The van der Waals surface area contributed by atoms with Gasteiger partial charge in [0.25, 0.3) is 0 Å². The highest BCUT2D eigenvalue weighted by Crippen LogP contribution is 2.00. The van der Waals surface area contributed by atoms with Crippen LogP contribution in [0, 0.1) is 0 Å². The smallest absolute Gasteiger partial charge is 0.247 e. The molecule has 1 unspecified atom stereocenters. The largest absolute Gasteiger partial charge is 0.337 e. The van der Waals surface area contributed by atoms with Crippen LogP contribution in [0.2, 0.25) is 0 Å². The minimum Gasteiger partial charge on any atom is -0.337 e. The fourth-order valence-electron chi connectivity index (χ4n) is 1.48. The molecule has 15 heavy (non-hydrogen) atoms. The lowest BCUT2D eigenvalue weighted by molar-refractivity contribution is -0.119. The summed E-state index contributed by atoms with van der Waals surface area (Å²) in [6, 6.07) is 0. The summed E-state index contributed by atoms with van der Waals surface area (Å²) in [5.74, 6) is -0.0558. The third-order valence-electron chi connectivity index (χ3n) is 2.30. The van der Waals surface area contributed by atoms with Gasteiger partial charge in [0.2, 0.25) is 5.91 Å². The fraction of sp³-hybridized carbons (Fsp3) is 0.750. The van der Waals surface area contributed by atoms with Gasteiger partial charge in [0, 0.05) is 5.57 Å². The van der Waals surface area contributed by atoms with Crippen LogP contribution in [0.25, 0.3) is 0 Å². The van der Waals surface area contributed by atoms with Gasteiger partial charge < -0.3 is 5.32 Å². The number of hydrogen-bond donors (Lipinski definition) is 1. The summed E-state index contributed by atoms with van der Waals surface area (Å²) in [7, 11) is 0. The van der Waals surface area contributed by atoms with E-state index in [2.05, 4.69) is 30.6 Å². The molecule has 1 N–H and O–H groups in total. The SMILES string of the molecule is C=C(C)C(=O)NC(C)N(CCC)CCC. The van der Waals surface area contributed by atoms with Crippen LogP contribution in [-0.2, 0) is 4.79 Å². The molecule has 0 aliphatic rings. The predicted octanol–water partition coefficient (Wildman–Crippen LogP) is 2.15. The molecule has 0 aromatic rings. The first-order chi connectivity index (χ1) is 7.02. The van der Waals surface area contributed by atoms with E-state index in [0.717, 1.165) is 25.9 Å². The summed E-state index contributed by atoms with van der Waals surface area (Å²) < 4.78 is 0. The van der Waals surface area contributed by atoms with Crippen LogP contribution in [-0.4, -0.2) is 30.1 Å². The van der Waals surface area contributed by atoms with Crippen molar-refractivity contribution in [1.82, 2.24) is 10.2 Å². The van der Waals surface area contributed by atoms with Gasteiger partial charge in [-0.15, -0.1) is 0 Å². The zero-order valence-corrected chi connectivity index (χ0v) is 10.5. The van der Waals surface area contributed by atoms with Crippen LogP contribution in [0.5, 0.6) is 0 Å². The van der Waals surface area contributed by atoms with Gasteiger partial charge in [-0.2, -0.15) is 0 Å². The second-order valence-corrected chi connectivity index (χ2v) is 3.97. The third-order valence-corrected chi connectivity index (χ3v) is 2.30. The quantitative estimate of drug-likeness (QED) is 0.518. The predicted molar refractivity (Wildman–Crippen MR) is 64.6 cm³/mol. The Balaban J connectivity index is 4.17. The molecular formula is C12H24N2O. The first kappa shape index (κ1) is 14.2. The average Bonchev–Trinajstić information content (AvgIpc) is 2.17. The van der Waals surface area contributed by atoms with Crippen molar-refractivity contribution < 1.29 is 4.79 Å². The van der Waals surface area contributed by atoms with Crippen molar-refractivity contribution in [2.75, 3.05) is 13.1 Å². The van der Waals surface area contributed by atoms with Crippen LogP contribution in [0.1, 0.15) is 40.5 Å². The number of amides is 1. The highest BCUT2D eigenvalue weighted by Gasteiger charge is 2.14. The van der Waals surface area contributed by atoms with Gasteiger partial charge in [-0.3, -0.25) is 9.69 Å². The summed E-state index contributed by atoms with van der Waals surface area (Å²) >= 11 is 0. The van der Waals surface area contributed by atoms with Crippen LogP contribution in [0.3, 0.4) is 0 Å². The van der Waals surface area contributed by atoms with E-state index in [9.17, 15) is 4.79 Å². The van der Waals surface area contributed by atoms with Crippen LogP contribution < -0.4 is 5.32 Å². The molecule has 3 heteroatoms. The topological polar surface area (TPSA) is 32.3 Å². The molecule has 0 spiro atoms. The summed E-state index contributed by atoms with van der Waals surface area (Å²) in [5, 5.41) is 2.94. The number of carbonyl (C=O) groups excluding carboxylic acids is 1. The van der Waals surface area contributed by atoms with E-state index in [0.29, 0.717) is 5.57 Å². The van der Waals surface area contributed by atoms with Crippen molar-refractivity contribution >= 4 is 5.91 Å². The first-order valence-electron chi connectivity index (χ1n) is 5.73. The lowest BCUT2D eigenvalue weighted by atomic mass is 10.3. The number of nitrogens with one attached hydrogen (secondary N) is 1. The summed E-state index contributed by atoms with van der Waals surface area (Å²) in [6.07, 6.45) is 2.30. The van der Waals surface area contributed by atoms with Crippen molar-refractivity contribution in [1.29, 1.82) is 0 Å². The lowest BCUT2D eigenvalue weighted by Gasteiger charge is -2.29. The maximum Gasteiger partial charge on any atom is 0.247 e. The van der Waals surface area contributed by atoms with Crippen LogP contribution in [0.4, 0.5) is 0 Å². The minimum absolute atomic E-state index is 0.0558. The molecule has 0 heterocycles. The Hall–Kier alpha value is -0.830. The van der Waals surface area contributed by atoms with E-state index in [1.165, 1.54) is 0 Å². The number of hydrogen-bond acceptors (Lipinski definition) is 2. The molecular weight excluding hydrogens is 188 g/mol. The van der Waals surface area contributed by atoms with Gasteiger partial charge in [-0.25, -0.2) is 0 Å². The van der Waals surface area contributed by atoms with E-state index in [1.807, 2.05) is 6.92 Å². The van der Waals surface area contributed by atoms with Gasteiger partial charge in [0.15, 0.2) is 0 Å². The van der Waals surface area contributed by atoms with E-state index < -0.39 is 0 Å². The molecule has 0 saturated carbocycles. The monoisotopic (exact) mass is 212 g/mol. The van der Waals surface area contributed by atoms with Crippen molar-refractivity contribution in [3.8, 4) is 0 Å². The highest BCUT2D eigenvalue weighted by molar-refractivity contribution is 5.92. The lowest BCUT2D eigenvalue weighted by Crippen LogP contribution is -2.47. The van der Waals surface area contributed by atoms with Gasteiger partial charge in [0.05, 0.1) is 6.17 Å². The molecule has 1 amide bonds. The van der Waals surface area contributed by atoms with Crippen LogP contribution >= 0.6 is 0 Å². The van der Waals surface area contributed by atoms with E-state index >= 15 is 0 Å².